The van der Waals surface area contributed by atoms with Gasteiger partial charge >= 0.3 is 6.61 Å². The summed E-state index contributed by atoms with van der Waals surface area (Å²) in [6.45, 7) is -3.09. The smallest absolute Gasteiger partial charge is 0.387 e. The molecule has 1 nitrogen and oxygen atoms in total. The van der Waals surface area contributed by atoms with Crippen LogP contribution in [0.4, 0.5) is 22.0 Å². The van der Waals surface area contributed by atoms with E-state index in [4.69, 9.17) is 0 Å². The van der Waals surface area contributed by atoms with Gasteiger partial charge in [0.2, 0.25) is 0 Å². The second-order valence-corrected chi connectivity index (χ2v) is 3.62. The Morgan fingerprint density at radius 2 is 1.58 bits per heavy atom. The van der Waals surface area contributed by atoms with Crippen molar-refractivity contribution in [2.24, 2.45) is 0 Å². The Kier molecular flexibility index (Phi) is 3.69. The molecule has 0 saturated carbocycles. The van der Waals surface area contributed by atoms with Gasteiger partial charge in [-0.2, -0.15) is 8.78 Å². The van der Waals surface area contributed by atoms with Crippen molar-refractivity contribution in [2.45, 2.75) is 6.61 Å². The summed E-state index contributed by atoms with van der Waals surface area (Å²) in [5.41, 5.74) is -0.715. The lowest BCUT2D eigenvalue weighted by molar-refractivity contribution is -0.0498. The van der Waals surface area contributed by atoms with Crippen LogP contribution in [-0.4, -0.2) is 6.61 Å². The quantitative estimate of drug-likeness (QED) is 0.755. The van der Waals surface area contributed by atoms with Crippen LogP contribution in [0.2, 0.25) is 0 Å². The fourth-order valence-electron chi connectivity index (χ4n) is 1.60. The minimum atomic E-state index is -3.09. The third-order valence-corrected chi connectivity index (χ3v) is 2.40. The van der Waals surface area contributed by atoms with Crippen LogP contribution in [-0.2, 0) is 0 Å². The Labute approximate surface area is 105 Å². The molecule has 0 unspecified atom stereocenters. The van der Waals surface area contributed by atoms with E-state index < -0.39 is 24.1 Å². The zero-order chi connectivity index (χ0) is 14.0. The van der Waals surface area contributed by atoms with E-state index >= 15 is 0 Å². The van der Waals surface area contributed by atoms with E-state index in [-0.39, 0.29) is 16.9 Å². The van der Waals surface area contributed by atoms with Crippen LogP contribution in [0.1, 0.15) is 0 Å². The second-order valence-electron chi connectivity index (χ2n) is 3.62. The van der Waals surface area contributed by atoms with Gasteiger partial charge in [0.15, 0.2) is 11.6 Å². The van der Waals surface area contributed by atoms with E-state index in [9.17, 15) is 22.0 Å². The molecule has 0 saturated heterocycles. The molecule has 100 valence electrons. The van der Waals surface area contributed by atoms with Gasteiger partial charge in [0.25, 0.3) is 0 Å². The lowest BCUT2D eigenvalue weighted by Gasteiger charge is -2.09. The van der Waals surface area contributed by atoms with Gasteiger partial charge in [-0.05, 0) is 24.3 Å². The van der Waals surface area contributed by atoms with Gasteiger partial charge in [0.05, 0.1) is 0 Å². The lowest BCUT2D eigenvalue weighted by atomic mass is 10.0. The van der Waals surface area contributed by atoms with Crippen LogP contribution in [0.3, 0.4) is 0 Å². The summed E-state index contributed by atoms with van der Waals surface area (Å²) in [6.07, 6.45) is 0. The van der Waals surface area contributed by atoms with Gasteiger partial charge < -0.3 is 4.74 Å². The molecule has 0 amide bonds. The molecule has 0 aliphatic carbocycles. The number of benzene rings is 2. The summed E-state index contributed by atoms with van der Waals surface area (Å²) in [4.78, 5) is 0. The summed E-state index contributed by atoms with van der Waals surface area (Å²) in [5.74, 6) is -3.62. The third kappa shape index (κ3) is 2.83. The van der Waals surface area contributed by atoms with E-state index in [1.807, 2.05) is 0 Å². The summed E-state index contributed by atoms with van der Waals surface area (Å²) in [6, 6.07) is 5.91. The van der Waals surface area contributed by atoms with Crippen molar-refractivity contribution in [1.82, 2.24) is 0 Å². The minimum absolute atomic E-state index is 0.338. The van der Waals surface area contributed by atoms with Crippen molar-refractivity contribution in [3.8, 4) is 16.9 Å². The molecule has 0 atom stereocenters. The maximum atomic E-state index is 13.6. The fraction of sp³-hybridized carbons (Fsp3) is 0.0769. The van der Waals surface area contributed by atoms with Gasteiger partial charge in [-0.15, -0.1) is 0 Å². The largest absolute Gasteiger partial charge is 0.435 e. The van der Waals surface area contributed by atoms with Crippen molar-refractivity contribution in [2.75, 3.05) is 0 Å². The number of ether oxygens (including phenoxy) is 1. The number of hydrogen-bond donors (Lipinski definition) is 0. The molecule has 0 spiro atoms. The van der Waals surface area contributed by atoms with Crippen LogP contribution in [0.25, 0.3) is 11.1 Å². The van der Waals surface area contributed by atoms with Crippen molar-refractivity contribution in [1.29, 1.82) is 0 Å². The molecule has 0 bridgehead atoms. The van der Waals surface area contributed by atoms with Crippen LogP contribution in [0.5, 0.6) is 5.75 Å². The third-order valence-electron chi connectivity index (χ3n) is 2.40. The number of halogens is 5. The fourth-order valence-corrected chi connectivity index (χ4v) is 1.60. The molecule has 19 heavy (non-hydrogen) atoms. The zero-order valence-electron chi connectivity index (χ0n) is 9.34. The Morgan fingerprint density at radius 3 is 2.26 bits per heavy atom. The molecule has 0 radical (unpaired) electrons. The van der Waals surface area contributed by atoms with E-state index in [0.717, 1.165) is 30.3 Å². The molecule has 0 fully saturated rings. The predicted octanol–water partition coefficient (Wildman–Crippen LogP) is 4.37. The van der Waals surface area contributed by atoms with E-state index in [1.165, 1.54) is 6.07 Å². The highest BCUT2D eigenvalue weighted by Crippen LogP contribution is 2.30. The monoisotopic (exact) mass is 274 g/mol. The summed E-state index contributed by atoms with van der Waals surface area (Å²) in [7, 11) is 0. The molecule has 0 aliphatic rings. The van der Waals surface area contributed by atoms with Crippen molar-refractivity contribution < 1.29 is 26.7 Å². The first-order valence-electron chi connectivity index (χ1n) is 5.18. The number of alkyl halides is 2. The second kappa shape index (κ2) is 5.26. The first-order valence-corrected chi connectivity index (χ1v) is 5.18. The molecule has 2 aromatic carbocycles. The van der Waals surface area contributed by atoms with Crippen molar-refractivity contribution >= 4 is 0 Å². The van der Waals surface area contributed by atoms with Gasteiger partial charge in [-0.25, -0.2) is 13.2 Å². The standard InChI is InChI=1S/C13H7F5O/c14-10-5-4-7(19-13(17)18)6-9(10)8-2-1-3-11(15)12(8)16/h1-6,13H. The lowest BCUT2D eigenvalue weighted by Crippen LogP contribution is -2.02. The number of rotatable bonds is 3. The maximum absolute atomic E-state index is 13.6. The predicted molar refractivity (Wildman–Crippen MR) is 58.4 cm³/mol. The van der Waals surface area contributed by atoms with Crippen LogP contribution in [0, 0.1) is 17.5 Å². The van der Waals surface area contributed by atoms with Gasteiger partial charge in [-0.3, -0.25) is 0 Å². The Balaban J connectivity index is 2.51. The molecule has 0 N–H and O–H groups in total. The molecule has 2 aromatic rings. The highest BCUT2D eigenvalue weighted by Gasteiger charge is 2.15. The van der Waals surface area contributed by atoms with E-state index in [1.54, 1.807) is 0 Å². The summed E-state index contributed by atoms with van der Waals surface area (Å²) >= 11 is 0. The molecule has 2 rings (SSSR count). The Morgan fingerprint density at radius 1 is 0.842 bits per heavy atom. The van der Waals surface area contributed by atoms with E-state index in [2.05, 4.69) is 4.74 Å². The van der Waals surface area contributed by atoms with Crippen LogP contribution in [0.15, 0.2) is 36.4 Å². The highest BCUT2D eigenvalue weighted by atomic mass is 19.3. The van der Waals surface area contributed by atoms with Gasteiger partial charge in [0, 0.05) is 11.1 Å². The first kappa shape index (κ1) is 13.3. The number of hydrogen-bond acceptors (Lipinski definition) is 1. The Bertz CT molecular complexity index is 598. The van der Waals surface area contributed by atoms with Crippen molar-refractivity contribution in [3.05, 3.63) is 53.8 Å². The molecular formula is C13H7F5O. The molecule has 0 aliphatic heterocycles. The normalized spacial score (nSPS) is 10.8. The minimum Gasteiger partial charge on any atom is -0.435 e. The van der Waals surface area contributed by atoms with Crippen LogP contribution < -0.4 is 4.74 Å². The molecule has 0 heterocycles. The summed E-state index contributed by atoms with van der Waals surface area (Å²) in [5, 5.41) is 0. The SMILES string of the molecule is Fc1ccc(OC(F)F)cc1-c1cccc(F)c1F. The van der Waals surface area contributed by atoms with Gasteiger partial charge in [0.1, 0.15) is 11.6 Å². The molecule has 6 heteroatoms. The Hall–Kier alpha value is -2.11. The van der Waals surface area contributed by atoms with Crippen LogP contribution >= 0.6 is 0 Å². The summed E-state index contributed by atoms with van der Waals surface area (Å²) < 4.78 is 68.3. The van der Waals surface area contributed by atoms with Crippen molar-refractivity contribution in [3.63, 3.8) is 0 Å². The topological polar surface area (TPSA) is 9.23 Å². The zero-order valence-corrected chi connectivity index (χ0v) is 9.34. The average Bonchev–Trinajstić information content (AvgIpc) is 2.35. The molecule has 0 aromatic heterocycles. The van der Waals surface area contributed by atoms with Gasteiger partial charge in [-0.1, -0.05) is 12.1 Å². The van der Waals surface area contributed by atoms with E-state index in [0.29, 0.717) is 0 Å². The first-order chi connectivity index (χ1) is 8.99. The average molecular weight is 274 g/mol. The molecular weight excluding hydrogens is 267 g/mol. The maximum Gasteiger partial charge on any atom is 0.387 e. The highest BCUT2D eigenvalue weighted by molar-refractivity contribution is 5.66.